The highest BCUT2D eigenvalue weighted by molar-refractivity contribution is 7.92. The van der Waals surface area contributed by atoms with Crippen LogP contribution in [0, 0.1) is 0 Å². The third-order valence-corrected chi connectivity index (χ3v) is 3.25. The molecule has 0 atom stereocenters. The molecule has 2 aromatic rings. The van der Waals surface area contributed by atoms with Crippen LogP contribution < -0.4 is 4.72 Å². The molecule has 0 bridgehead atoms. The standard InChI is InChI=1S/C8H7ClN4O2S/c9-7-3-6(1-2-11-7)13-16(14,15)8-4-10-5-12-8/h1-5H,(H,10,12)(H,11,13). The molecule has 0 aliphatic carbocycles. The number of anilines is 1. The van der Waals surface area contributed by atoms with Crippen LogP contribution in [0.4, 0.5) is 5.69 Å². The van der Waals surface area contributed by atoms with E-state index in [0.717, 1.165) is 0 Å². The Labute approximate surface area is 96.8 Å². The van der Waals surface area contributed by atoms with E-state index in [-0.39, 0.29) is 10.2 Å². The van der Waals surface area contributed by atoms with E-state index in [0.29, 0.717) is 5.69 Å². The predicted molar refractivity (Wildman–Crippen MR) is 58.6 cm³/mol. The van der Waals surface area contributed by atoms with E-state index in [2.05, 4.69) is 19.7 Å². The Balaban J connectivity index is 2.29. The molecule has 2 heterocycles. The fourth-order valence-corrected chi connectivity index (χ4v) is 2.19. The lowest BCUT2D eigenvalue weighted by atomic mass is 10.4. The van der Waals surface area contributed by atoms with Crippen LogP contribution >= 0.6 is 11.6 Å². The highest BCUT2D eigenvalue weighted by atomic mass is 35.5. The van der Waals surface area contributed by atoms with Crippen molar-refractivity contribution in [3.63, 3.8) is 0 Å². The van der Waals surface area contributed by atoms with Crippen molar-refractivity contribution in [1.29, 1.82) is 0 Å². The Bertz CT molecular complexity index is 582. The van der Waals surface area contributed by atoms with Crippen LogP contribution in [0.1, 0.15) is 0 Å². The largest absolute Gasteiger partial charge is 0.334 e. The molecule has 0 radical (unpaired) electrons. The van der Waals surface area contributed by atoms with E-state index in [9.17, 15) is 8.42 Å². The Morgan fingerprint density at radius 2 is 2.25 bits per heavy atom. The normalized spacial score (nSPS) is 11.3. The molecule has 2 aromatic heterocycles. The van der Waals surface area contributed by atoms with Gasteiger partial charge < -0.3 is 4.98 Å². The van der Waals surface area contributed by atoms with Crippen molar-refractivity contribution in [2.45, 2.75) is 5.03 Å². The first-order valence-electron chi connectivity index (χ1n) is 4.21. The summed E-state index contributed by atoms with van der Waals surface area (Å²) in [5.74, 6) is 0. The predicted octanol–water partition coefficient (Wildman–Crippen LogP) is 1.26. The van der Waals surface area contributed by atoms with Crippen LogP contribution in [0.25, 0.3) is 0 Å². The van der Waals surface area contributed by atoms with Gasteiger partial charge in [0.15, 0.2) is 5.03 Å². The second-order valence-corrected chi connectivity index (χ2v) is 4.93. The topological polar surface area (TPSA) is 87.7 Å². The van der Waals surface area contributed by atoms with Gasteiger partial charge in [0.25, 0.3) is 10.0 Å². The number of pyridine rings is 1. The van der Waals surface area contributed by atoms with Crippen LogP contribution in [-0.4, -0.2) is 23.4 Å². The fourth-order valence-electron chi connectivity index (χ4n) is 1.07. The van der Waals surface area contributed by atoms with Gasteiger partial charge in [0.05, 0.1) is 18.2 Å². The molecule has 6 nitrogen and oxygen atoms in total. The van der Waals surface area contributed by atoms with Crippen molar-refractivity contribution < 1.29 is 8.42 Å². The third-order valence-electron chi connectivity index (χ3n) is 1.74. The zero-order valence-corrected chi connectivity index (χ0v) is 9.46. The highest BCUT2D eigenvalue weighted by Crippen LogP contribution is 2.16. The minimum Gasteiger partial charge on any atom is -0.334 e. The maximum absolute atomic E-state index is 11.7. The minimum atomic E-state index is -3.64. The number of hydrogen-bond donors (Lipinski definition) is 2. The van der Waals surface area contributed by atoms with Gasteiger partial charge in [-0.25, -0.2) is 9.97 Å². The second-order valence-electron chi connectivity index (χ2n) is 2.89. The molecule has 0 saturated heterocycles. The van der Waals surface area contributed by atoms with Gasteiger partial charge in [-0.1, -0.05) is 11.6 Å². The fraction of sp³-hybridized carbons (Fsp3) is 0. The van der Waals surface area contributed by atoms with Gasteiger partial charge >= 0.3 is 0 Å². The number of nitrogens with one attached hydrogen (secondary N) is 2. The van der Waals surface area contributed by atoms with Crippen LogP contribution in [0.2, 0.25) is 5.15 Å². The number of hydrogen-bond acceptors (Lipinski definition) is 4. The Hall–Kier alpha value is -1.60. The van der Waals surface area contributed by atoms with Gasteiger partial charge in [0.1, 0.15) is 5.15 Å². The first-order valence-corrected chi connectivity index (χ1v) is 6.07. The summed E-state index contributed by atoms with van der Waals surface area (Å²) in [5.41, 5.74) is 0.342. The number of H-pyrrole nitrogens is 1. The zero-order chi connectivity index (χ0) is 11.6. The molecule has 0 amide bonds. The van der Waals surface area contributed by atoms with Crippen LogP contribution in [0.3, 0.4) is 0 Å². The second kappa shape index (κ2) is 4.11. The molecule has 0 aliphatic rings. The summed E-state index contributed by atoms with van der Waals surface area (Å²) in [7, 11) is -3.64. The molecular weight excluding hydrogens is 252 g/mol. The van der Waals surface area contributed by atoms with Gasteiger partial charge in [-0.2, -0.15) is 8.42 Å². The van der Waals surface area contributed by atoms with Gasteiger partial charge in [-0.3, -0.25) is 4.72 Å². The smallest absolute Gasteiger partial charge is 0.278 e. The number of aromatic nitrogens is 3. The molecule has 8 heteroatoms. The quantitative estimate of drug-likeness (QED) is 0.812. The summed E-state index contributed by atoms with van der Waals surface area (Å²) < 4.78 is 25.8. The number of sulfonamides is 1. The highest BCUT2D eigenvalue weighted by Gasteiger charge is 2.15. The van der Waals surface area contributed by atoms with E-state index in [1.165, 1.54) is 30.9 Å². The summed E-state index contributed by atoms with van der Waals surface area (Å²) in [6.07, 6.45) is 3.91. The Kier molecular flexibility index (Phi) is 2.80. The lowest BCUT2D eigenvalue weighted by Crippen LogP contribution is -2.13. The van der Waals surface area contributed by atoms with Crippen molar-refractivity contribution in [2.24, 2.45) is 0 Å². The van der Waals surface area contributed by atoms with Gasteiger partial charge in [0.2, 0.25) is 0 Å². The SMILES string of the molecule is O=S(=O)(Nc1ccnc(Cl)c1)c1cnc[nH]1. The summed E-state index contributed by atoms with van der Waals surface area (Å²) in [5, 5.41) is 0.199. The maximum Gasteiger partial charge on any atom is 0.278 e. The van der Waals surface area contributed by atoms with E-state index >= 15 is 0 Å². The summed E-state index contributed by atoms with van der Waals surface area (Å²) in [6, 6.07) is 2.91. The minimum absolute atomic E-state index is 0.0135. The molecule has 0 unspecified atom stereocenters. The lowest BCUT2D eigenvalue weighted by Gasteiger charge is -2.05. The molecule has 0 fully saturated rings. The molecule has 0 aromatic carbocycles. The monoisotopic (exact) mass is 258 g/mol. The van der Waals surface area contributed by atoms with Crippen molar-refractivity contribution in [3.05, 3.63) is 36.0 Å². The Morgan fingerprint density at radius 3 is 2.88 bits per heavy atom. The molecule has 0 spiro atoms. The summed E-state index contributed by atoms with van der Waals surface area (Å²) in [6.45, 7) is 0. The van der Waals surface area contributed by atoms with E-state index in [4.69, 9.17) is 11.6 Å². The zero-order valence-electron chi connectivity index (χ0n) is 7.88. The first-order chi connectivity index (χ1) is 7.58. The Morgan fingerprint density at radius 1 is 1.44 bits per heavy atom. The number of nitrogens with zero attached hydrogens (tertiary/aromatic N) is 2. The number of imidazole rings is 1. The molecular formula is C8H7ClN4O2S. The van der Waals surface area contributed by atoms with Gasteiger partial charge in [-0.15, -0.1) is 0 Å². The van der Waals surface area contributed by atoms with Gasteiger partial charge in [0, 0.05) is 6.20 Å². The average Bonchev–Trinajstić information content (AvgIpc) is 2.69. The van der Waals surface area contributed by atoms with Crippen molar-refractivity contribution in [2.75, 3.05) is 4.72 Å². The van der Waals surface area contributed by atoms with Gasteiger partial charge in [-0.05, 0) is 12.1 Å². The van der Waals surface area contributed by atoms with Crippen LogP contribution in [0.15, 0.2) is 35.9 Å². The van der Waals surface area contributed by atoms with Crippen LogP contribution in [-0.2, 0) is 10.0 Å². The summed E-state index contributed by atoms with van der Waals surface area (Å²) >= 11 is 5.63. The molecule has 0 saturated carbocycles. The first kappa shape index (κ1) is 10.9. The third kappa shape index (κ3) is 2.31. The van der Waals surface area contributed by atoms with Crippen molar-refractivity contribution in [1.82, 2.24) is 15.0 Å². The van der Waals surface area contributed by atoms with E-state index in [1.54, 1.807) is 0 Å². The number of rotatable bonds is 3. The molecule has 84 valence electrons. The molecule has 0 aliphatic heterocycles. The molecule has 16 heavy (non-hydrogen) atoms. The van der Waals surface area contributed by atoms with E-state index < -0.39 is 10.0 Å². The van der Waals surface area contributed by atoms with Crippen LogP contribution in [0.5, 0.6) is 0 Å². The summed E-state index contributed by atoms with van der Waals surface area (Å²) in [4.78, 5) is 9.88. The lowest BCUT2D eigenvalue weighted by molar-refractivity contribution is 0.598. The maximum atomic E-state index is 11.7. The average molecular weight is 259 g/mol. The number of halogens is 1. The number of aromatic amines is 1. The molecule has 2 rings (SSSR count). The molecule has 2 N–H and O–H groups in total. The van der Waals surface area contributed by atoms with E-state index in [1.807, 2.05) is 0 Å². The van der Waals surface area contributed by atoms with Crippen molar-refractivity contribution >= 4 is 27.3 Å². The van der Waals surface area contributed by atoms with Crippen molar-refractivity contribution in [3.8, 4) is 0 Å².